The summed E-state index contributed by atoms with van der Waals surface area (Å²) in [7, 11) is -0.315. The van der Waals surface area contributed by atoms with Crippen molar-refractivity contribution in [1.82, 2.24) is 9.62 Å². The summed E-state index contributed by atoms with van der Waals surface area (Å²) in [6, 6.07) is 7.29. The average molecular weight is 331 g/mol. The minimum Gasteiger partial charge on any atom is -0.399 e. The number of amides is 1. The molecule has 1 aromatic rings. The monoisotopic (exact) mass is 331 g/mol. The first-order chi connectivity index (χ1) is 9.85. The lowest BCUT2D eigenvalue weighted by atomic mass is 10.3. The molecule has 8 heteroatoms. The molecule has 6 nitrogen and oxygen atoms in total. The SMILES string of the molecule is CNC(=O)CCN(C)S(=O)(=O)CCSc1ccc(N)cc1. The molecule has 0 spiro atoms. The summed E-state index contributed by atoms with van der Waals surface area (Å²) in [6.45, 7) is 0.189. The second-order valence-electron chi connectivity index (χ2n) is 4.48. The van der Waals surface area contributed by atoms with E-state index in [9.17, 15) is 13.2 Å². The molecule has 1 amide bonds. The molecule has 21 heavy (non-hydrogen) atoms. The van der Waals surface area contributed by atoms with E-state index in [1.807, 2.05) is 12.1 Å². The molecule has 0 radical (unpaired) electrons. The highest BCUT2D eigenvalue weighted by molar-refractivity contribution is 8.00. The van der Waals surface area contributed by atoms with Crippen LogP contribution in [0.2, 0.25) is 0 Å². The van der Waals surface area contributed by atoms with Crippen molar-refractivity contribution in [1.29, 1.82) is 0 Å². The highest BCUT2D eigenvalue weighted by atomic mass is 32.2. The van der Waals surface area contributed by atoms with Crippen LogP contribution in [0.4, 0.5) is 5.69 Å². The summed E-state index contributed by atoms with van der Waals surface area (Å²) < 4.78 is 25.3. The van der Waals surface area contributed by atoms with Crippen LogP contribution in [0.15, 0.2) is 29.2 Å². The van der Waals surface area contributed by atoms with Gasteiger partial charge >= 0.3 is 0 Å². The van der Waals surface area contributed by atoms with Crippen LogP contribution in [-0.2, 0) is 14.8 Å². The van der Waals surface area contributed by atoms with Crippen LogP contribution < -0.4 is 11.1 Å². The lowest BCUT2D eigenvalue weighted by Gasteiger charge is -2.16. The molecule has 0 saturated carbocycles. The lowest BCUT2D eigenvalue weighted by Crippen LogP contribution is -2.33. The quantitative estimate of drug-likeness (QED) is 0.542. The highest BCUT2D eigenvalue weighted by Gasteiger charge is 2.18. The maximum atomic E-state index is 12.0. The predicted octanol–water partition coefficient (Wildman–Crippen LogP) is 0.759. The topological polar surface area (TPSA) is 92.5 Å². The first-order valence-corrected chi connectivity index (χ1v) is 9.07. The van der Waals surface area contributed by atoms with Gasteiger partial charge in [0.05, 0.1) is 5.75 Å². The Kier molecular flexibility index (Phi) is 7.00. The van der Waals surface area contributed by atoms with Crippen molar-refractivity contribution in [3.63, 3.8) is 0 Å². The van der Waals surface area contributed by atoms with Gasteiger partial charge in [-0.05, 0) is 24.3 Å². The van der Waals surface area contributed by atoms with Gasteiger partial charge in [-0.15, -0.1) is 11.8 Å². The van der Waals surface area contributed by atoms with Gasteiger partial charge in [-0.2, -0.15) is 0 Å². The van der Waals surface area contributed by atoms with E-state index in [2.05, 4.69) is 5.32 Å². The van der Waals surface area contributed by atoms with Gasteiger partial charge in [0.15, 0.2) is 0 Å². The van der Waals surface area contributed by atoms with E-state index < -0.39 is 10.0 Å². The number of nitrogens with zero attached hydrogens (tertiary/aromatic N) is 1. The van der Waals surface area contributed by atoms with Crippen molar-refractivity contribution in [3.05, 3.63) is 24.3 Å². The first-order valence-electron chi connectivity index (χ1n) is 6.48. The Balaban J connectivity index is 2.41. The Bertz CT molecular complexity index is 559. The van der Waals surface area contributed by atoms with E-state index in [0.29, 0.717) is 11.4 Å². The van der Waals surface area contributed by atoms with Crippen LogP contribution in [-0.4, -0.2) is 50.8 Å². The zero-order valence-electron chi connectivity index (χ0n) is 12.2. The van der Waals surface area contributed by atoms with Gasteiger partial charge in [0.1, 0.15) is 0 Å². The zero-order chi connectivity index (χ0) is 15.9. The predicted molar refractivity (Wildman–Crippen MR) is 86.7 cm³/mol. The number of rotatable bonds is 8. The largest absolute Gasteiger partial charge is 0.399 e. The minimum atomic E-state index is -3.33. The molecule has 0 saturated heterocycles. The molecule has 3 N–H and O–H groups in total. The molecule has 0 aliphatic rings. The third-order valence-electron chi connectivity index (χ3n) is 2.90. The number of nitrogens with one attached hydrogen (secondary N) is 1. The molecule has 0 atom stereocenters. The van der Waals surface area contributed by atoms with Crippen molar-refractivity contribution in [2.24, 2.45) is 0 Å². The van der Waals surface area contributed by atoms with E-state index in [0.717, 1.165) is 4.90 Å². The van der Waals surface area contributed by atoms with Gasteiger partial charge in [0, 0.05) is 43.4 Å². The van der Waals surface area contributed by atoms with Gasteiger partial charge < -0.3 is 11.1 Å². The average Bonchev–Trinajstić information content (AvgIpc) is 2.46. The summed E-state index contributed by atoms with van der Waals surface area (Å²) in [4.78, 5) is 12.1. The van der Waals surface area contributed by atoms with Gasteiger partial charge in [0.2, 0.25) is 15.9 Å². The third-order valence-corrected chi connectivity index (χ3v) is 6.02. The van der Waals surface area contributed by atoms with Gasteiger partial charge in [0.25, 0.3) is 0 Å². The second-order valence-corrected chi connectivity index (χ2v) is 7.84. The lowest BCUT2D eigenvalue weighted by molar-refractivity contribution is -0.120. The number of carbonyl (C=O) groups is 1. The summed E-state index contributed by atoms with van der Waals surface area (Å²) in [6.07, 6.45) is 0.164. The summed E-state index contributed by atoms with van der Waals surface area (Å²) >= 11 is 1.46. The Morgan fingerprint density at radius 1 is 1.33 bits per heavy atom. The molecular formula is C13H21N3O3S2. The number of carbonyl (C=O) groups excluding carboxylic acids is 1. The van der Waals surface area contributed by atoms with Gasteiger partial charge in [-0.1, -0.05) is 0 Å². The maximum Gasteiger partial charge on any atom is 0.221 e. The standard InChI is InChI=1S/C13H21N3O3S2/c1-15-13(17)7-8-16(2)21(18,19)10-9-20-12-5-3-11(14)4-6-12/h3-6H,7-10,14H2,1-2H3,(H,15,17). The number of benzene rings is 1. The zero-order valence-corrected chi connectivity index (χ0v) is 13.8. The van der Waals surface area contributed by atoms with Crippen molar-refractivity contribution >= 4 is 33.4 Å². The van der Waals surface area contributed by atoms with E-state index in [1.165, 1.54) is 30.2 Å². The third kappa shape index (κ3) is 6.36. The Morgan fingerprint density at radius 2 is 1.95 bits per heavy atom. The fraction of sp³-hybridized carbons (Fsp3) is 0.462. The maximum absolute atomic E-state index is 12.0. The molecule has 0 aromatic heterocycles. The number of nitrogens with two attached hydrogens (primary N) is 1. The van der Waals surface area contributed by atoms with Crippen molar-refractivity contribution in [3.8, 4) is 0 Å². The molecule has 0 bridgehead atoms. The molecule has 0 heterocycles. The normalized spacial score (nSPS) is 11.6. The van der Waals surface area contributed by atoms with Crippen LogP contribution >= 0.6 is 11.8 Å². The van der Waals surface area contributed by atoms with Crippen LogP contribution in [0.3, 0.4) is 0 Å². The molecule has 0 fully saturated rings. The first kappa shape index (κ1) is 17.8. The number of hydrogen-bond acceptors (Lipinski definition) is 5. The van der Waals surface area contributed by atoms with E-state index in [4.69, 9.17) is 5.73 Å². The van der Waals surface area contributed by atoms with Crippen LogP contribution in [0.1, 0.15) is 6.42 Å². The Morgan fingerprint density at radius 3 is 2.52 bits per heavy atom. The van der Waals surface area contributed by atoms with Crippen molar-refractivity contribution in [2.45, 2.75) is 11.3 Å². The Labute approximate surface area is 130 Å². The molecule has 1 aromatic carbocycles. The number of thioether (sulfide) groups is 1. The van der Waals surface area contributed by atoms with Gasteiger partial charge in [-0.3, -0.25) is 4.79 Å². The van der Waals surface area contributed by atoms with E-state index >= 15 is 0 Å². The van der Waals surface area contributed by atoms with Crippen molar-refractivity contribution < 1.29 is 13.2 Å². The molecule has 118 valence electrons. The number of hydrogen-bond donors (Lipinski definition) is 2. The van der Waals surface area contributed by atoms with Crippen molar-refractivity contribution in [2.75, 3.05) is 37.9 Å². The van der Waals surface area contributed by atoms with Gasteiger partial charge in [-0.25, -0.2) is 12.7 Å². The van der Waals surface area contributed by atoms with E-state index in [-0.39, 0.29) is 24.6 Å². The fourth-order valence-corrected chi connectivity index (χ4v) is 3.93. The summed E-state index contributed by atoms with van der Waals surface area (Å²) in [5, 5.41) is 2.47. The molecule has 1 rings (SSSR count). The summed E-state index contributed by atoms with van der Waals surface area (Å²) in [5.41, 5.74) is 6.27. The molecular weight excluding hydrogens is 310 g/mol. The van der Waals surface area contributed by atoms with Crippen LogP contribution in [0.5, 0.6) is 0 Å². The highest BCUT2D eigenvalue weighted by Crippen LogP contribution is 2.19. The number of sulfonamides is 1. The molecule has 0 aliphatic heterocycles. The minimum absolute atomic E-state index is 0.0340. The number of anilines is 1. The fourth-order valence-electron chi connectivity index (χ4n) is 1.51. The molecule has 0 unspecified atom stereocenters. The Hall–Kier alpha value is -1.25. The van der Waals surface area contributed by atoms with Crippen LogP contribution in [0, 0.1) is 0 Å². The smallest absolute Gasteiger partial charge is 0.221 e. The second kappa shape index (κ2) is 8.26. The molecule has 0 aliphatic carbocycles. The number of nitrogen functional groups attached to an aromatic ring is 1. The van der Waals surface area contributed by atoms with E-state index in [1.54, 1.807) is 12.1 Å². The van der Waals surface area contributed by atoms with Crippen LogP contribution in [0.25, 0.3) is 0 Å². The summed E-state index contributed by atoms with van der Waals surface area (Å²) in [5.74, 6) is 0.316.